The molecule has 4 nitrogen and oxygen atoms in total. The van der Waals surface area contributed by atoms with Gasteiger partial charge in [0.15, 0.2) is 0 Å². The lowest BCUT2D eigenvalue weighted by Crippen LogP contribution is -2.14. The van der Waals surface area contributed by atoms with Crippen molar-refractivity contribution in [2.75, 3.05) is 25.1 Å². The minimum atomic E-state index is -0.435. The Morgan fingerprint density at radius 3 is 2.95 bits per heavy atom. The Balaban J connectivity index is 2.57. The quantitative estimate of drug-likeness (QED) is 0.617. The largest absolute Gasteiger partial charge is 0.381 e. The minimum Gasteiger partial charge on any atom is -0.381 e. The number of hydrogen-bond donors (Lipinski definition) is 2. The summed E-state index contributed by atoms with van der Waals surface area (Å²) in [6.45, 7) is 3.18. The zero-order chi connectivity index (χ0) is 14.8. The second-order valence-corrected chi connectivity index (χ2v) is 4.11. The van der Waals surface area contributed by atoms with E-state index in [0.29, 0.717) is 18.9 Å². The number of carbonyl (C=O) groups is 1. The second kappa shape index (κ2) is 9.08. The van der Waals surface area contributed by atoms with Gasteiger partial charge in [0.1, 0.15) is 5.82 Å². The number of rotatable bonds is 6. The van der Waals surface area contributed by atoms with Gasteiger partial charge in [0.2, 0.25) is 5.91 Å². The molecule has 0 aromatic heterocycles. The molecule has 0 heterocycles. The number of nitrogens with two attached hydrogens (primary N) is 1. The van der Waals surface area contributed by atoms with Gasteiger partial charge in [-0.25, -0.2) is 4.39 Å². The van der Waals surface area contributed by atoms with Crippen molar-refractivity contribution < 1.29 is 13.9 Å². The van der Waals surface area contributed by atoms with E-state index in [0.717, 1.165) is 6.42 Å². The van der Waals surface area contributed by atoms with Crippen LogP contribution in [0.3, 0.4) is 0 Å². The second-order valence-electron chi connectivity index (χ2n) is 4.11. The van der Waals surface area contributed by atoms with Gasteiger partial charge in [-0.2, -0.15) is 0 Å². The summed E-state index contributed by atoms with van der Waals surface area (Å²) in [4.78, 5) is 11.6. The van der Waals surface area contributed by atoms with Crippen molar-refractivity contribution in [1.29, 1.82) is 0 Å². The Morgan fingerprint density at radius 1 is 1.45 bits per heavy atom. The zero-order valence-corrected chi connectivity index (χ0v) is 11.5. The van der Waals surface area contributed by atoms with Gasteiger partial charge in [0.05, 0.1) is 25.1 Å². The van der Waals surface area contributed by atoms with Crippen LogP contribution in [0.4, 0.5) is 10.1 Å². The monoisotopic (exact) mass is 278 g/mol. The maximum Gasteiger partial charge on any atom is 0.226 e. The first-order valence-electron chi connectivity index (χ1n) is 6.53. The molecule has 0 saturated heterocycles. The predicted molar refractivity (Wildman–Crippen MR) is 76.7 cm³/mol. The van der Waals surface area contributed by atoms with Gasteiger partial charge in [0.25, 0.3) is 0 Å². The van der Waals surface area contributed by atoms with Crippen LogP contribution in [0.2, 0.25) is 0 Å². The van der Waals surface area contributed by atoms with Crippen LogP contribution in [0.25, 0.3) is 0 Å². The Hall–Kier alpha value is -1.90. The summed E-state index contributed by atoms with van der Waals surface area (Å²) in [6, 6.07) is 4.25. The Morgan fingerprint density at radius 2 is 2.25 bits per heavy atom. The van der Waals surface area contributed by atoms with Gasteiger partial charge in [0, 0.05) is 12.3 Å². The van der Waals surface area contributed by atoms with Gasteiger partial charge in [-0.3, -0.25) is 4.79 Å². The van der Waals surface area contributed by atoms with E-state index < -0.39 is 5.82 Å². The predicted octanol–water partition coefficient (Wildman–Crippen LogP) is 1.89. The van der Waals surface area contributed by atoms with Gasteiger partial charge in [-0.15, -0.1) is 0 Å². The highest BCUT2D eigenvalue weighted by Crippen LogP contribution is 2.14. The molecule has 0 bridgehead atoms. The summed E-state index contributed by atoms with van der Waals surface area (Å²) in [5, 5.41) is 2.68. The molecular formula is C15H19FN2O2. The standard InChI is InChI=1S/C15H19FN2O2/c1-2-9-20-10-7-15(19)18-13-5-6-14(16)12(11-13)4-3-8-17/h5-6,11H,2,7-10,17H2,1H3,(H,18,19). The summed E-state index contributed by atoms with van der Waals surface area (Å²) in [5.41, 5.74) is 5.97. The molecule has 0 aliphatic rings. The smallest absolute Gasteiger partial charge is 0.226 e. The average molecular weight is 278 g/mol. The Kier molecular flexibility index (Phi) is 7.33. The van der Waals surface area contributed by atoms with Gasteiger partial charge in [-0.1, -0.05) is 18.8 Å². The fourth-order valence-corrected chi connectivity index (χ4v) is 1.48. The summed E-state index contributed by atoms with van der Waals surface area (Å²) < 4.78 is 18.7. The van der Waals surface area contributed by atoms with Crippen LogP contribution in [0.1, 0.15) is 25.3 Å². The molecule has 108 valence electrons. The number of carbonyl (C=O) groups excluding carboxylic acids is 1. The number of amides is 1. The third-order valence-corrected chi connectivity index (χ3v) is 2.40. The lowest BCUT2D eigenvalue weighted by molar-refractivity contribution is -0.117. The zero-order valence-electron chi connectivity index (χ0n) is 11.5. The van der Waals surface area contributed by atoms with Crippen molar-refractivity contribution in [3.8, 4) is 11.8 Å². The normalized spacial score (nSPS) is 9.75. The topological polar surface area (TPSA) is 64.3 Å². The van der Waals surface area contributed by atoms with E-state index in [-0.39, 0.29) is 24.4 Å². The Labute approximate surface area is 118 Å². The molecule has 3 N–H and O–H groups in total. The number of halogens is 1. The Bertz CT molecular complexity index is 506. The van der Waals surface area contributed by atoms with Gasteiger partial charge in [-0.05, 0) is 24.6 Å². The highest BCUT2D eigenvalue weighted by Gasteiger charge is 2.05. The van der Waals surface area contributed by atoms with Crippen LogP contribution < -0.4 is 11.1 Å². The van der Waals surface area contributed by atoms with E-state index >= 15 is 0 Å². The summed E-state index contributed by atoms with van der Waals surface area (Å²) in [6.07, 6.45) is 1.18. The fourth-order valence-electron chi connectivity index (χ4n) is 1.48. The van der Waals surface area contributed by atoms with Crippen molar-refractivity contribution in [3.05, 3.63) is 29.6 Å². The molecule has 1 aromatic rings. The van der Waals surface area contributed by atoms with E-state index in [4.69, 9.17) is 10.5 Å². The molecular weight excluding hydrogens is 259 g/mol. The maximum absolute atomic E-state index is 13.4. The van der Waals surface area contributed by atoms with Crippen LogP contribution in [-0.2, 0) is 9.53 Å². The summed E-state index contributed by atoms with van der Waals surface area (Å²) >= 11 is 0. The van der Waals surface area contributed by atoms with Crippen molar-refractivity contribution in [2.24, 2.45) is 5.73 Å². The van der Waals surface area contributed by atoms with Gasteiger partial charge < -0.3 is 15.8 Å². The molecule has 1 rings (SSSR count). The molecule has 0 aliphatic heterocycles. The van der Waals surface area contributed by atoms with Crippen LogP contribution in [-0.4, -0.2) is 25.7 Å². The van der Waals surface area contributed by atoms with Crippen LogP contribution in [0, 0.1) is 17.7 Å². The summed E-state index contributed by atoms with van der Waals surface area (Å²) in [5.74, 6) is 4.59. The molecule has 5 heteroatoms. The van der Waals surface area contributed by atoms with E-state index in [1.54, 1.807) is 0 Å². The van der Waals surface area contributed by atoms with E-state index in [1.807, 2.05) is 6.92 Å². The molecule has 0 spiro atoms. The molecule has 0 aliphatic carbocycles. The molecule has 0 atom stereocenters. The summed E-state index contributed by atoms with van der Waals surface area (Å²) in [7, 11) is 0. The molecule has 0 saturated carbocycles. The molecule has 1 amide bonds. The lowest BCUT2D eigenvalue weighted by Gasteiger charge is -2.06. The third-order valence-electron chi connectivity index (χ3n) is 2.40. The average Bonchev–Trinajstić information content (AvgIpc) is 2.44. The maximum atomic E-state index is 13.4. The van der Waals surface area contributed by atoms with E-state index in [9.17, 15) is 9.18 Å². The third kappa shape index (κ3) is 5.83. The first-order chi connectivity index (χ1) is 9.67. The first kappa shape index (κ1) is 16.2. The van der Waals surface area contributed by atoms with Crippen molar-refractivity contribution in [1.82, 2.24) is 0 Å². The van der Waals surface area contributed by atoms with Crippen LogP contribution >= 0.6 is 0 Å². The highest BCUT2D eigenvalue weighted by atomic mass is 19.1. The number of hydrogen-bond acceptors (Lipinski definition) is 3. The van der Waals surface area contributed by atoms with Crippen molar-refractivity contribution in [2.45, 2.75) is 19.8 Å². The molecule has 0 radical (unpaired) electrons. The van der Waals surface area contributed by atoms with Crippen LogP contribution in [0.5, 0.6) is 0 Å². The van der Waals surface area contributed by atoms with Crippen molar-refractivity contribution >= 4 is 11.6 Å². The molecule has 0 fully saturated rings. The fraction of sp³-hybridized carbons (Fsp3) is 0.400. The number of nitrogens with one attached hydrogen (secondary N) is 1. The molecule has 20 heavy (non-hydrogen) atoms. The van der Waals surface area contributed by atoms with E-state index in [1.165, 1.54) is 18.2 Å². The number of benzene rings is 1. The first-order valence-corrected chi connectivity index (χ1v) is 6.53. The van der Waals surface area contributed by atoms with Gasteiger partial charge >= 0.3 is 0 Å². The SMILES string of the molecule is CCCOCCC(=O)Nc1ccc(F)c(C#CCN)c1. The van der Waals surface area contributed by atoms with Crippen LogP contribution in [0.15, 0.2) is 18.2 Å². The van der Waals surface area contributed by atoms with Crippen molar-refractivity contribution in [3.63, 3.8) is 0 Å². The molecule has 1 aromatic carbocycles. The number of anilines is 1. The van der Waals surface area contributed by atoms with E-state index in [2.05, 4.69) is 17.2 Å². The minimum absolute atomic E-state index is 0.158. The lowest BCUT2D eigenvalue weighted by atomic mass is 10.2. The number of ether oxygens (including phenoxy) is 1. The molecule has 0 unspecified atom stereocenters. The highest BCUT2D eigenvalue weighted by molar-refractivity contribution is 5.90.